The second kappa shape index (κ2) is 5.53. The average Bonchev–Trinajstić information content (AvgIpc) is 2.77. The fraction of sp³-hybridized carbons (Fsp3) is 0.846. The van der Waals surface area contributed by atoms with Gasteiger partial charge in [0.1, 0.15) is 0 Å². The summed E-state index contributed by atoms with van der Waals surface area (Å²) in [4.78, 5) is 12.7. The van der Waals surface area contributed by atoms with Crippen LogP contribution in [0.25, 0.3) is 0 Å². The van der Waals surface area contributed by atoms with Crippen LogP contribution in [0, 0.1) is 5.92 Å². The van der Waals surface area contributed by atoms with E-state index in [0.717, 1.165) is 32.1 Å². The Bertz CT molecular complexity index is 340. The zero-order chi connectivity index (χ0) is 13.2. The average molecular weight is 270 g/mol. The Morgan fingerprint density at radius 1 is 1.39 bits per heavy atom. The Kier molecular flexibility index (Phi) is 4.22. The van der Waals surface area contributed by atoms with Crippen molar-refractivity contribution < 1.29 is 9.53 Å². The molecule has 0 bridgehead atoms. The van der Waals surface area contributed by atoms with Crippen molar-refractivity contribution in [2.24, 2.45) is 11.7 Å². The molecule has 1 heterocycles. The van der Waals surface area contributed by atoms with Crippen molar-refractivity contribution >= 4 is 23.1 Å². The number of carbonyl (C=O) groups excluding carboxylic acids is 1. The third-order valence-electron chi connectivity index (χ3n) is 4.11. The smallest absolute Gasteiger partial charge is 0.226 e. The predicted octanol–water partition coefficient (Wildman–Crippen LogP) is 1.52. The number of carbonyl (C=O) groups is 1. The van der Waals surface area contributed by atoms with Crippen molar-refractivity contribution in [3.8, 4) is 0 Å². The van der Waals surface area contributed by atoms with Crippen LogP contribution in [0.4, 0.5) is 0 Å². The highest BCUT2D eigenvalue weighted by atomic mass is 32.1. The summed E-state index contributed by atoms with van der Waals surface area (Å²) in [6.45, 7) is 2.51. The van der Waals surface area contributed by atoms with E-state index in [2.05, 4.69) is 5.32 Å². The van der Waals surface area contributed by atoms with Crippen molar-refractivity contribution in [1.82, 2.24) is 5.32 Å². The summed E-state index contributed by atoms with van der Waals surface area (Å²) in [7, 11) is 0. The zero-order valence-electron chi connectivity index (χ0n) is 10.9. The predicted molar refractivity (Wildman–Crippen MR) is 74.3 cm³/mol. The second-order valence-electron chi connectivity index (χ2n) is 5.57. The second-order valence-corrected chi connectivity index (χ2v) is 6.01. The van der Waals surface area contributed by atoms with E-state index < -0.39 is 5.54 Å². The minimum atomic E-state index is -0.448. The molecule has 2 aliphatic rings. The number of hydrogen-bond acceptors (Lipinski definition) is 3. The fourth-order valence-electron chi connectivity index (χ4n) is 2.93. The summed E-state index contributed by atoms with van der Waals surface area (Å²) < 4.78 is 5.44. The van der Waals surface area contributed by atoms with Crippen LogP contribution in [0.3, 0.4) is 0 Å². The third-order valence-corrected chi connectivity index (χ3v) is 4.50. The number of hydrogen-bond donors (Lipinski definition) is 2. The minimum Gasteiger partial charge on any atom is -0.391 e. The molecule has 5 heteroatoms. The van der Waals surface area contributed by atoms with E-state index in [1.54, 1.807) is 0 Å². The van der Waals surface area contributed by atoms with Gasteiger partial charge in [-0.15, -0.1) is 0 Å². The molecule has 2 fully saturated rings. The first-order valence-electron chi connectivity index (χ1n) is 6.77. The SMILES string of the molecule is CC1CC(C(=O)NC2(C(N)=S)CCCCC2)CO1. The summed E-state index contributed by atoms with van der Waals surface area (Å²) in [5, 5.41) is 3.11. The number of nitrogens with two attached hydrogens (primary N) is 1. The lowest BCUT2D eigenvalue weighted by Gasteiger charge is -2.37. The normalized spacial score (nSPS) is 30.9. The van der Waals surface area contributed by atoms with Crippen LogP contribution in [-0.2, 0) is 9.53 Å². The van der Waals surface area contributed by atoms with E-state index in [1.165, 1.54) is 6.42 Å². The van der Waals surface area contributed by atoms with E-state index in [-0.39, 0.29) is 17.9 Å². The van der Waals surface area contributed by atoms with Gasteiger partial charge in [-0.25, -0.2) is 0 Å². The van der Waals surface area contributed by atoms with Gasteiger partial charge in [0.15, 0.2) is 0 Å². The van der Waals surface area contributed by atoms with E-state index in [0.29, 0.717) is 11.6 Å². The van der Waals surface area contributed by atoms with Crippen LogP contribution >= 0.6 is 12.2 Å². The van der Waals surface area contributed by atoms with Gasteiger partial charge in [0.25, 0.3) is 0 Å². The molecule has 1 aliphatic carbocycles. The monoisotopic (exact) mass is 270 g/mol. The molecular weight excluding hydrogens is 248 g/mol. The molecule has 2 unspecified atom stereocenters. The van der Waals surface area contributed by atoms with Crippen LogP contribution in [0.2, 0.25) is 0 Å². The van der Waals surface area contributed by atoms with Gasteiger partial charge in [-0.3, -0.25) is 4.79 Å². The summed E-state index contributed by atoms with van der Waals surface area (Å²) in [6, 6.07) is 0. The lowest BCUT2D eigenvalue weighted by molar-refractivity contribution is -0.126. The van der Waals surface area contributed by atoms with Gasteiger partial charge in [-0.2, -0.15) is 0 Å². The molecule has 4 nitrogen and oxygen atoms in total. The Balaban J connectivity index is 2.00. The van der Waals surface area contributed by atoms with Crippen molar-refractivity contribution in [3.63, 3.8) is 0 Å². The molecule has 18 heavy (non-hydrogen) atoms. The van der Waals surface area contributed by atoms with Gasteiger partial charge in [-0.05, 0) is 26.2 Å². The van der Waals surface area contributed by atoms with Crippen molar-refractivity contribution in [1.29, 1.82) is 0 Å². The van der Waals surface area contributed by atoms with Crippen LogP contribution in [0.15, 0.2) is 0 Å². The number of nitrogens with one attached hydrogen (secondary N) is 1. The number of amides is 1. The van der Waals surface area contributed by atoms with Gasteiger partial charge in [0, 0.05) is 0 Å². The Hall–Kier alpha value is -0.680. The summed E-state index contributed by atoms with van der Waals surface area (Å²) >= 11 is 5.18. The summed E-state index contributed by atoms with van der Waals surface area (Å²) in [5.74, 6) is 0.00204. The molecule has 0 spiro atoms. The standard InChI is InChI=1S/C13H22N2O2S/c1-9-7-10(8-17-9)11(16)15-13(12(14)18)5-3-2-4-6-13/h9-10H,2-8H2,1H3,(H2,14,18)(H,15,16). The number of rotatable bonds is 3. The van der Waals surface area contributed by atoms with Crippen LogP contribution in [-0.4, -0.2) is 29.1 Å². The van der Waals surface area contributed by atoms with Gasteiger partial charge >= 0.3 is 0 Å². The van der Waals surface area contributed by atoms with Gasteiger partial charge < -0.3 is 15.8 Å². The molecule has 102 valence electrons. The maximum absolute atomic E-state index is 12.3. The molecule has 0 aromatic carbocycles. The maximum Gasteiger partial charge on any atom is 0.226 e. The topological polar surface area (TPSA) is 64.4 Å². The molecule has 1 saturated heterocycles. The van der Waals surface area contributed by atoms with E-state index in [9.17, 15) is 4.79 Å². The molecule has 0 aromatic heterocycles. The molecule has 1 aliphatic heterocycles. The fourth-order valence-corrected chi connectivity index (χ4v) is 3.18. The molecule has 0 aromatic rings. The molecule has 2 atom stereocenters. The quantitative estimate of drug-likeness (QED) is 0.763. The number of thiocarbonyl (C=S) groups is 1. The minimum absolute atomic E-state index is 0.0480. The van der Waals surface area contributed by atoms with E-state index in [4.69, 9.17) is 22.7 Å². The molecule has 0 radical (unpaired) electrons. The van der Waals surface area contributed by atoms with E-state index in [1.807, 2.05) is 6.92 Å². The van der Waals surface area contributed by atoms with Crippen molar-refractivity contribution in [2.75, 3.05) is 6.61 Å². The lowest BCUT2D eigenvalue weighted by atomic mass is 9.81. The Morgan fingerprint density at radius 3 is 2.56 bits per heavy atom. The van der Waals surface area contributed by atoms with Gasteiger partial charge in [-0.1, -0.05) is 31.5 Å². The highest BCUT2D eigenvalue weighted by Crippen LogP contribution is 2.30. The molecule has 3 N–H and O–H groups in total. The molecule has 1 saturated carbocycles. The van der Waals surface area contributed by atoms with Crippen molar-refractivity contribution in [3.05, 3.63) is 0 Å². The highest BCUT2D eigenvalue weighted by Gasteiger charge is 2.39. The molecular formula is C13H22N2O2S. The molecule has 2 rings (SSSR count). The number of ether oxygens (including phenoxy) is 1. The Morgan fingerprint density at radius 2 is 2.06 bits per heavy atom. The van der Waals surface area contributed by atoms with Gasteiger partial charge in [0.05, 0.1) is 29.2 Å². The van der Waals surface area contributed by atoms with Crippen LogP contribution in [0.5, 0.6) is 0 Å². The highest BCUT2D eigenvalue weighted by molar-refractivity contribution is 7.80. The van der Waals surface area contributed by atoms with Crippen LogP contribution < -0.4 is 11.1 Å². The maximum atomic E-state index is 12.3. The zero-order valence-corrected chi connectivity index (χ0v) is 11.7. The summed E-state index contributed by atoms with van der Waals surface area (Å²) in [5.41, 5.74) is 5.41. The summed E-state index contributed by atoms with van der Waals surface area (Å²) in [6.07, 6.45) is 6.06. The van der Waals surface area contributed by atoms with E-state index >= 15 is 0 Å². The third kappa shape index (κ3) is 2.83. The first kappa shape index (κ1) is 13.7. The largest absolute Gasteiger partial charge is 0.391 e. The first-order chi connectivity index (χ1) is 8.53. The lowest BCUT2D eigenvalue weighted by Crippen LogP contribution is -2.58. The molecule has 1 amide bonds. The Labute approximate surface area is 114 Å². The van der Waals surface area contributed by atoms with Crippen LogP contribution in [0.1, 0.15) is 45.4 Å². The first-order valence-corrected chi connectivity index (χ1v) is 7.18. The van der Waals surface area contributed by atoms with Crippen molar-refractivity contribution in [2.45, 2.75) is 57.1 Å². The van der Waals surface area contributed by atoms with Gasteiger partial charge in [0.2, 0.25) is 5.91 Å².